The third-order valence-electron chi connectivity index (χ3n) is 3.36. The Hall–Kier alpha value is -2.13. The topological polar surface area (TPSA) is 108 Å². The summed E-state index contributed by atoms with van der Waals surface area (Å²) in [5.41, 5.74) is -0.751. The molecule has 0 bridgehead atoms. The Morgan fingerprint density at radius 1 is 1.35 bits per heavy atom. The van der Waals surface area contributed by atoms with Crippen LogP contribution in [0.4, 0.5) is 19.1 Å². The summed E-state index contributed by atoms with van der Waals surface area (Å²) < 4.78 is 36.8. The lowest BCUT2D eigenvalue weighted by Crippen LogP contribution is -2.18. The summed E-state index contributed by atoms with van der Waals surface area (Å²) in [5.74, 6) is -5.40. The summed E-state index contributed by atoms with van der Waals surface area (Å²) in [6.45, 7) is 3.18. The van der Waals surface area contributed by atoms with Gasteiger partial charge in [0.2, 0.25) is 17.7 Å². The fourth-order valence-electron chi connectivity index (χ4n) is 2.22. The largest absolute Gasteiger partial charge is 0.481 e. The lowest BCUT2D eigenvalue weighted by molar-refractivity contribution is -0.144. The second kappa shape index (κ2) is 4.18. The van der Waals surface area contributed by atoms with Crippen LogP contribution in [0.1, 0.15) is 19.7 Å². The van der Waals surface area contributed by atoms with Crippen LogP contribution in [0.3, 0.4) is 0 Å². The maximum Gasteiger partial charge on any atom is 0.451 e. The van der Waals surface area contributed by atoms with E-state index in [1.807, 2.05) is 0 Å². The minimum absolute atomic E-state index is 0.533. The normalized spacial score (nSPS) is 24.2. The van der Waals surface area contributed by atoms with Gasteiger partial charge in [0.25, 0.3) is 0 Å². The van der Waals surface area contributed by atoms with E-state index in [-0.39, 0.29) is 0 Å². The number of aromatic amines is 1. The summed E-state index contributed by atoms with van der Waals surface area (Å²) in [5, 5.41) is 15.9. The molecule has 1 saturated carbocycles. The number of amides is 1. The highest BCUT2D eigenvalue weighted by Crippen LogP contribution is 2.58. The van der Waals surface area contributed by atoms with Crippen LogP contribution in [0.5, 0.6) is 0 Å². The third-order valence-corrected chi connectivity index (χ3v) is 3.36. The van der Waals surface area contributed by atoms with Crippen molar-refractivity contribution in [3.63, 3.8) is 0 Å². The van der Waals surface area contributed by atoms with Crippen molar-refractivity contribution in [2.45, 2.75) is 20.0 Å². The first kappa shape index (κ1) is 14.3. The number of carboxylic acids is 1. The zero-order valence-corrected chi connectivity index (χ0v) is 10.4. The van der Waals surface area contributed by atoms with E-state index in [0.29, 0.717) is 0 Å². The summed E-state index contributed by atoms with van der Waals surface area (Å²) in [7, 11) is 0. The van der Waals surface area contributed by atoms with Crippen molar-refractivity contribution >= 4 is 17.8 Å². The lowest BCUT2D eigenvalue weighted by atomic mass is 10.1. The molecule has 1 aliphatic rings. The highest BCUT2D eigenvalue weighted by Gasteiger charge is 2.66. The Bertz CT molecular complexity index is 566. The molecule has 20 heavy (non-hydrogen) atoms. The molecule has 2 atom stereocenters. The zero-order chi connectivity index (χ0) is 15.3. The molecule has 0 radical (unpaired) electrons. The van der Waals surface area contributed by atoms with Gasteiger partial charge in [0.05, 0.1) is 11.8 Å². The predicted octanol–water partition coefficient (Wildman–Crippen LogP) is 1.12. The van der Waals surface area contributed by atoms with Crippen molar-refractivity contribution in [1.82, 2.24) is 15.2 Å². The van der Waals surface area contributed by atoms with Crippen LogP contribution >= 0.6 is 0 Å². The molecule has 1 aromatic rings. The van der Waals surface area contributed by atoms with E-state index in [1.165, 1.54) is 0 Å². The van der Waals surface area contributed by atoms with E-state index in [0.717, 1.165) is 0 Å². The highest BCUT2D eigenvalue weighted by atomic mass is 19.4. The van der Waals surface area contributed by atoms with Gasteiger partial charge in [-0.25, -0.2) is 0 Å². The number of nitrogens with zero attached hydrogens (tertiary/aromatic N) is 2. The standard InChI is InChI=1S/C10H11F3N4O3/c1-9(2)3(4(9)6(19)20)5(18)14-8-15-7(16-17-8)10(11,12)13/h3-4H,1-2H3,(H,19,20)(H2,14,15,16,17,18)/t3-,4+/m0/s1. The Kier molecular flexibility index (Phi) is 2.99. The number of nitrogens with one attached hydrogen (secondary N) is 2. The zero-order valence-electron chi connectivity index (χ0n) is 10.4. The van der Waals surface area contributed by atoms with Crippen LogP contribution in [-0.4, -0.2) is 32.2 Å². The average Bonchev–Trinajstić information content (AvgIpc) is 2.67. The van der Waals surface area contributed by atoms with E-state index >= 15 is 0 Å². The fourth-order valence-corrected chi connectivity index (χ4v) is 2.22. The van der Waals surface area contributed by atoms with Gasteiger partial charge in [0.15, 0.2) is 0 Å². The number of halogens is 3. The molecule has 1 amide bonds. The first-order valence-corrected chi connectivity index (χ1v) is 5.58. The van der Waals surface area contributed by atoms with Crippen molar-refractivity contribution in [2.75, 3.05) is 5.32 Å². The summed E-state index contributed by atoms with van der Waals surface area (Å²) in [6.07, 6.45) is -4.70. The number of hydrogen-bond donors (Lipinski definition) is 3. The van der Waals surface area contributed by atoms with Crippen molar-refractivity contribution in [3.8, 4) is 0 Å². The van der Waals surface area contributed by atoms with Crippen LogP contribution in [0.25, 0.3) is 0 Å². The van der Waals surface area contributed by atoms with Crippen LogP contribution in [0.15, 0.2) is 0 Å². The van der Waals surface area contributed by atoms with E-state index in [4.69, 9.17) is 5.11 Å². The Balaban J connectivity index is 2.07. The van der Waals surface area contributed by atoms with Gasteiger partial charge in [0.1, 0.15) is 0 Å². The van der Waals surface area contributed by atoms with Crippen molar-refractivity contribution in [3.05, 3.63) is 5.82 Å². The number of carbonyl (C=O) groups is 2. The number of carbonyl (C=O) groups excluding carboxylic acids is 1. The molecular formula is C10H11F3N4O3. The van der Waals surface area contributed by atoms with E-state index in [2.05, 4.69) is 15.4 Å². The number of aromatic nitrogens is 3. The molecule has 10 heteroatoms. The Labute approximate surface area is 110 Å². The molecule has 0 saturated heterocycles. The number of carboxylic acid groups (broad SMARTS) is 1. The van der Waals surface area contributed by atoms with Crippen LogP contribution < -0.4 is 5.32 Å². The summed E-state index contributed by atoms with van der Waals surface area (Å²) >= 11 is 0. The Morgan fingerprint density at radius 3 is 2.35 bits per heavy atom. The van der Waals surface area contributed by atoms with Crippen LogP contribution in [0, 0.1) is 17.3 Å². The molecule has 7 nitrogen and oxygen atoms in total. The van der Waals surface area contributed by atoms with Crippen molar-refractivity contribution < 1.29 is 27.9 Å². The van der Waals surface area contributed by atoms with Gasteiger partial charge in [0, 0.05) is 0 Å². The molecule has 0 spiro atoms. The van der Waals surface area contributed by atoms with Gasteiger partial charge >= 0.3 is 12.1 Å². The molecule has 0 unspecified atom stereocenters. The van der Waals surface area contributed by atoms with E-state index in [9.17, 15) is 22.8 Å². The molecule has 1 fully saturated rings. The number of hydrogen-bond acceptors (Lipinski definition) is 4. The van der Waals surface area contributed by atoms with Crippen molar-refractivity contribution in [1.29, 1.82) is 0 Å². The summed E-state index contributed by atoms with van der Waals surface area (Å²) in [4.78, 5) is 25.8. The molecular weight excluding hydrogens is 281 g/mol. The Morgan fingerprint density at radius 2 is 1.95 bits per heavy atom. The van der Waals surface area contributed by atoms with E-state index in [1.54, 1.807) is 18.9 Å². The quantitative estimate of drug-likeness (QED) is 0.773. The third kappa shape index (κ3) is 2.32. The number of aliphatic carboxylic acids is 1. The summed E-state index contributed by atoms with van der Waals surface area (Å²) in [6, 6.07) is 0. The predicted molar refractivity (Wildman–Crippen MR) is 58.4 cm³/mol. The maximum absolute atomic E-state index is 12.3. The highest BCUT2D eigenvalue weighted by molar-refractivity contribution is 5.98. The van der Waals surface area contributed by atoms with Crippen LogP contribution in [0.2, 0.25) is 0 Å². The lowest BCUT2D eigenvalue weighted by Gasteiger charge is -2.02. The van der Waals surface area contributed by atoms with Gasteiger partial charge in [-0.05, 0) is 5.41 Å². The monoisotopic (exact) mass is 292 g/mol. The maximum atomic E-state index is 12.3. The fraction of sp³-hybridized carbons (Fsp3) is 0.600. The molecule has 1 aromatic heterocycles. The van der Waals surface area contributed by atoms with Gasteiger partial charge in [-0.2, -0.15) is 18.2 Å². The number of H-pyrrole nitrogens is 1. The first-order chi connectivity index (χ1) is 9.05. The number of anilines is 1. The molecule has 1 heterocycles. The second-order valence-corrected chi connectivity index (χ2v) is 5.11. The van der Waals surface area contributed by atoms with Gasteiger partial charge < -0.3 is 5.11 Å². The molecule has 1 aliphatic carbocycles. The number of alkyl halides is 3. The van der Waals surface area contributed by atoms with Crippen molar-refractivity contribution in [2.24, 2.45) is 17.3 Å². The smallest absolute Gasteiger partial charge is 0.451 e. The van der Waals surface area contributed by atoms with Gasteiger partial charge in [-0.1, -0.05) is 13.8 Å². The molecule has 3 N–H and O–H groups in total. The van der Waals surface area contributed by atoms with Gasteiger partial charge in [-0.3, -0.25) is 20.0 Å². The molecule has 0 aliphatic heterocycles. The SMILES string of the molecule is CC1(C)[C@H](C(=O)Nc2n[nH]c(C(F)(F)F)n2)[C@@H]1C(=O)O. The average molecular weight is 292 g/mol. The second-order valence-electron chi connectivity index (χ2n) is 5.11. The molecule has 110 valence electrons. The minimum atomic E-state index is -4.70. The van der Waals surface area contributed by atoms with Gasteiger partial charge in [-0.15, -0.1) is 5.10 Å². The van der Waals surface area contributed by atoms with Crippen LogP contribution in [-0.2, 0) is 15.8 Å². The molecule has 2 rings (SSSR count). The number of rotatable bonds is 3. The molecule has 0 aromatic carbocycles. The first-order valence-electron chi connectivity index (χ1n) is 5.58. The van der Waals surface area contributed by atoms with E-state index < -0.39 is 47.1 Å². The minimum Gasteiger partial charge on any atom is -0.481 e.